The third kappa shape index (κ3) is 1.30. The summed E-state index contributed by atoms with van der Waals surface area (Å²) in [5, 5.41) is 10.6. The molecule has 2 aromatic rings. The number of nitrogens with zero attached hydrogens (tertiary/aromatic N) is 1. The summed E-state index contributed by atoms with van der Waals surface area (Å²) in [5.74, 6) is 0.843. The number of nitriles is 1. The number of hydrogen-bond acceptors (Lipinski definition) is 4. The molecule has 0 saturated carbocycles. The van der Waals surface area contributed by atoms with E-state index >= 15 is 0 Å². The number of nitrogen functional groups attached to an aromatic ring is 1. The van der Waals surface area contributed by atoms with Crippen molar-refractivity contribution >= 4 is 17.2 Å². The van der Waals surface area contributed by atoms with E-state index in [-0.39, 0.29) is 5.88 Å². The van der Waals surface area contributed by atoms with Gasteiger partial charge in [-0.05, 0) is 11.4 Å². The van der Waals surface area contributed by atoms with Gasteiger partial charge in [0.25, 0.3) is 0 Å². The lowest BCUT2D eigenvalue weighted by molar-refractivity contribution is 0.603. The summed E-state index contributed by atoms with van der Waals surface area (Å²) in [6, 6.07) is 7.46. The van der Waals surface area contributed by atoms with E-state index in [0.29, 0.717) is 11.3 Å². The molecule has 0 aromatic carbocycles. The maximum Gasteiger partial charge on any atom is 0.209 e. The van der Waals surface area contributed by atoms with Crippen molar-refractivity contribution in [3.05, 3.63) is 29.1 Å². The van der Waals surface area contributed by atoms with Gasteiger partial charge in [0.1, 0.15) is 17.4 Å². The van der Waals surface area contributed by atoms with Crippen molar-refractivity contribution in [2.24, 2.45) is 0 Å². The van der Waals surface area contributed by atoms with E-state index in [1.165, 1.54) is 0 Å². The van der Waals surface area contributed by atoms with Crippen LogP contribution in [-0.2, 0) is 0 Å². The molecule has 0 aliphatic heterocycles. The largest absolute Gasteiger partial charge is 0.439 e. The number of furan rings is 1. The highest BCUT2D eigenvalue weighted by molar-refractivity contribution is 7.13. The van der Waals surface area contributed by atoms with Crippen molar-refractivity contribution < 1.29 is 4.42 Å². The Balaban J connectivity index is 2.50. The van der Waals surface area contributed by atoms with Gasteiger partial charge >= 0.3 is 0 Å². The molecule has 0 aliphatic carbocycles. The molecular formula is C9H6N2OS. The topological polar surface area (TPSA) is 63.0 Å². The summed E-state index contributed by atoms with van der Waals surface area (Å²) in [4.78, 5) is 0.980. The Labute approximate surface area is 79.0 Å². The van der Waals surface area contributed by atoms with Gasteiger partial charge < -0.3 is 10.2 Å². The van der Waals surface area contributed by atoms with Gasteiger partial charge in [0.05, 0.1) is 4.88 Å². The zero-order valence-corrected chi connectivity index (χ0v) is 7.47. The first-order valence-corrected chi connectivity index (χ1v) is 4.52. The van der Waals surface area contributed by atoms with E-state index < -0.39 is 0 Å². The van der Waals surface area contributed by atoms with E-state index in [0.717, 1.165) is 4.88 Å². The molecule has 0 fully saturated rings. The van der Waals surface area contributed by atoms with Crippen LogP contribution in [0, 0.1) is 11.3 Å². The Kier molecular flexibility index (Phi) is 1.80. The molecule has 4 heteroatoms. The van der Waals surface area contributed by atoms with E-state index in [1.807, 2.05) is 23.6 Å². The first-order valence-electron chi connectivity index (χ1n) is 3.64. The van der Waals surface area contributed by atoms with Gasteiger partial charge in [-0.25, -0.2) is 0 Å². The van der Waals surface area contributed by atoms with Crippen molar-refractivity contribution in [1.29, 1.82) is 5.26 Å². The monoisotopic (exact) mass is 190 g/mol. The number of rotatable bonds is 1. The Hall–Kier alpha value is -1.73. The molecule has 0 radical (unpaired) electrons. The molecule has 2 rings (SSSR count). The Morgan fingerprint density at radius 2 is 2.38 bits per heavy atom. The van der Waals surface area contributed by atoms with Crippen LogP contribution in [0.1, 0.15) is 5.56 Å². The fourth-order valence-electron chi connectivity index (χ4n) is 1.03. The molecule has 0 atom stereocenters. The molecule has 0 unspecified atom stereocenters. The summed E-state index contributed by atoms with van der Waals surface area (Å²) in [7, 11) is 0. The van der Waals surface area contributed by atoms with Crippen LogP contribution in [0.25, 0.3) is 10.6 Å². The van der Waals surface area contributed by atoms with Crippen LogP contribution in [0.5, 0.6) is 0 Å². The first kappa shape index (κ1) is 7.90. The number of nitrogens with two attached hydrogens (primary N) is 1. The average molecular weight is 190 g/mol. The van der Waals surface area contributed by atoms with Gasteiger partial charge in [-0.3, -0.25) is 0 Å². The fourth-order valence-corrected chi connectivity index (χ4v) is 1.71. The predicted octanol–water partition coefficient (Wildman–Crippen LogP) is 2.46. The third-order valence-electron chi connectivity index (χ3n) is 1.65. The Morgan fingerprint density at radius 3 is 2.92 bits per heavy atom. The molecular weight excluding hydrogens is 184 g/mol. The minimum absolute atomic E-state index is 0.186. The zero-order valence-electron chi connectivity index (χ0n) is 6.65. The molecule has 2 heterocycles. The lowest BCUT2D eigenvalue weighted by Crippen LogP contribution is -1.81. The van der Waals surface area contributed by atoms with E-state index in [2.05, 4.69) is 0 Å². The normalized spacial score (nSPS) is 9.77. The highest BCUT2D eigenvalue weighted by Crippen LogP contribution is 2.29. The fraction of sp³-hybridized carbons (Fsp3) is 0. The quantitative estimate of drug-likeness (QED) is 0.751. The van der Waals surface area contributed by atoms with Crippen LogP contribution in [0.4, 0.5) is 5.88 Å². The van der Waals surface area contributed by atoms with Crippen molar-refractivity contribution in [1.82, 2.24) is 0 Å². The van der Waals surface area contributed by atoms with Crippen LogP contribution < -0.4 is 5.73 Å². The first-order chi connectivity index (χ1) is 6.31. The van der Waals surface area contributed by atoms with Crippen LogP contribution in [0.15, 0.2) is 28.0 Å². The molecule has 0 saturated heterocycles. The van der Waals surface area contributed by atoms with Crippen LogP contribution >= 0.6 is 11.3 Å². The number of hydrogen-bond donors (Lipinski definition) is 1. The second kappa shape index (κ2) is 2.96. The molecule has 0 aliphatic rings. The summed E-state index contributed by atoms with van der Waals surface area (Å²) in [6.45, 7) is 0. The molecule has 3 nitrogen and oxygen atoms in total. The average Bonchev–Trinajstić information content (AvgIpc) is 2.71. The highest BCUT2D eigenvalue weighted by atomic mass is 32.1. The molecule has 2 N–H and O–H groups in total. The zero-order chi connectivity index (χ0) is 9.26. The smallest absolute Gasteiger partial charge is 0.209 e. The van der Waals surface area contributed by atoms with Crippen LogP contribution in [0.3, 0.4) is 0 Å². The summed E-state index contributed by atoms with van der Waals surface area (Å²) in [5.41, 5.74) is 5.87. The third-order valence-corrected chi connectivity index (χ3v) is 2.53. The van der Waals surface area contributed by atoms with Gasteiger partial charge in [-0.2, -0.15) is 5.26 Å². The molecule has 0 bridgehead atoms. The minimum Gasteiger partial charge on any atom is -0.439 e. The van der Waals surface area contributed by atoms with E-state index in [1.54, 1.807) is 17.4 Å². The van der Waals surface area contributed by atoms with E-state index in [9.17, 15) is 0 Å². The summed E-state index contributed by atoms with van der Waals surface area (Å²) >= 11 is 1.55. The lowest BCUT2D eigenvalue weighted by atomic mass is 10.3. The molecule has 0 spiro atoms. The molecule has 13 heavy (non-hydrogen) atoms. The van der Waals surface area contributed by atoms with Crippen molar-refractivity contribution in [3.63, 3.8) is 0 Å². The Bertz CT molecular complexity index is 450. The standard InChI is InChI=1S/C9H6N2OS/c10-5-6-4-7(12-9(6)11)8-2-1-3-13-8/h1-4H,11H2. The highest BCUT2D eigenvalue weighted by Gasteiger charge is 2.09. The van der Waals surface area contributed by atoms with Gasteiger partial charge in [0.15, 0.2) is 0 Å². The maximum atomic E-state index is 8.64. The number of anilines is 1. The predicted molar refractivity (Wildman–Crippen MR) is 51.1 cm³/mol. The summed E-state index contributed by atoms with van der Waals surface area (Å²) < 4.78 is 5.22. The minimum atomic E-state index is 0.186. The summed E-state index contributed by atoms with van der Waals surface area (Å²) in [6.07, 6.45) is 0. The maximum absolute atomic E-state index is 8.64. The van der Waals surface area contributed by atoms with Gasteiger partial charge in [0, 0.05) is 6.07 Å². The van der Waals surface area contributed by atoms with Gasteiger partial charge in [-0.15, -0.1) is 11.3 Å². The lowest BCUT2D eigenvalue weighted by Gasteiger charge is -1.86. The van der Waals surface area contributed by atoms with E-state index in [4.69, 9.17) is 15.4 Å². The molecule has 0 amide bonds. The number of thiophene rings is 1. The van der Waals surface area contributed by atoms with Crippen molar-refractivity contribution in [3.8, 4) is 16.7 Å². The van der Waals surface area contributed by atoms with Crippen LogP contribution in [-0.4, -0.2) is 0 Å². The van der Waals surface area contributed by atoms with Gasteiger partial charge in [-0.1, -0.05) is 6.07 Å². The van der Waals surface area contributed by atoms with Crippen molar-refractivity contribution in [2.75, 3.05) is 5.73 Å². The SMILES string of the molecule is N#Cc1cc(-c2cccs2)oc1N. The second-order valence-electron chi connectivity index (χ2n) is 2.48. The van der Waals surface area contributed by atoms with Crippen molar-refractivity contribution in [2.45, 2.75) is 0 Å². The molecule has 2 aromatic heterocycles. The van der Waals surface area contributed by atoms with Gasteiger partial charge in [0.2, 0.25) is 5.88 Å². The Morgan fingerprint density at radius 1 is 1.54 bits per heavy atom. The second-order valence-corrected chi connectivity index (χ2v) is 3.43. The molecule has 64 valence electrons. The van der Waals surface area contributed by atoms with Crippen LogP contribution in [0.2, 0.25) is 0 Å².